The van der Waals surface area contributed by atoms with Crippen molar-refractivity contribution in [2.75, 3.05) is 16.8 Å². The van der Waals surface area contributed by atoms with E-state index in [9.17, 15) is 9.18 Å². The van der Waals surface area contributed by atoms with Gasteiger partial charge in [-0.15, -0.1) is 11.8 Å². The molecule has 0 aliphatic carbocycles. The number of nitrogens with two attached hydrogens (primary N) is 1. The molecule has 0 atom stereocenters. The van der Waals surface area contributed by atoms with Crippen LogP contribution in [0.25, 0.3) is 0 Å². The van der Waals surface area contributed by atoms with Crippen molar-refractivity contribution in [1.82, 2.24) is 0 Å². The number of anilines is 2. The van der Waals surface area contributed by atoms with E-state index in [4.69, 9.17) is 5.73 Å². The molecule has 2 rings (SSSR count). The molecule has 0 saturated heterocycles. The van der Waals surface area contributed by atoms with Crippen molar-refractivity contribution in [2.45, 2.75) is 4.90 Å². The van der Waals surface area contributed by atoms with Gasteiger partial charge in [0.1, 0.15) is 5.82 Å². The molecule has 1 amide bonds. The molecule has 2 aromatic rings. The van der Waals surface area contributed by atoms with Crippen LogP contribution in [-0.4, -0.2) is 11.7 Å². The summed E-state index contributed by atoms with van der Waals surface area (Å²) in [7, 11) is 0. The highest BCUT2D eigenvalue weighted by atomic mass is 79.9. The van der Waals surface area contributed by atoms with Crippen molar-refractivity contribution in [3.63, 3.8) is 0 Å². The molecule has 3 N–H and O–H groups in total. The first-order chi connectivity index (χ1) is 9.54. The number of hydrogen-bond acceptors (Lipinski definition) is 3. The van der Waals surface area contributed by atoms with Gasteiger partial charge < -0.3 is 11.1 Å². The number of halogens is 2. The van der Waals surface area contributed by atoms with Gasteiger partial charge in [-0.05, 0) is 42.5 Å². The number of hydrogen-bond donors (Lipinski definition) is 2. The number of thioether (sulfide) groups is 1. The smallest absolute Gasteiger partial charge is 0.234 e. The van der Waals surface area contributed by atoms with Crippen LogP contribution in [0.3, 0.4) is 0 Å². The van der Waals surface area contributed by atoms with E-state index in [0.29, 0.717) is 11.4 Å². The molecule has 0 radical (unpaired) electrons. The molecule has 0 aliphatic rings. The third kappa shape index (κ3) is 4.25. The third-order valence-corrected chi connectivity index (χ3v) is 4.03. The molecule has 3 nitrogen and oxygen atoms in total. The summed E-state index contributed by atoms with van der Waals surface area (Å²) < 4.78 is 13.7. The van der Waals surface area contributed by atoms with Crippen LogP contribution in [0, 0.1) is 5.82 Å². The molecule has 0 unspecified atom stereocenters. The molecule has 6 heteroatoms. The highest BCUT2D eigenvalue weighted by Crippen LogP contribution is 2.28. The fourth-order valence-corrected chi connectivity index (χ4v) is 2.82. The first-order valence-corrected chi connectivity index (χ1v) is 7.56. The van der Waals surface area contributed by atoms with Gasteiger partial charge in [-0.1, -0.05) is 15.9 Å². The Morgan fingerprint density at radius 3 is 2.65 bits per heavy atom. The Hall–Kier alpha value is -1.53. The summed E-state index contributed by atoms with van der Waals surface area (Å²) in [5, 5.41) is 2.69. The predicted molar refractivity (Wildman–Crippen MR) is 84.3 cm³/mol. The SMILES string of the molecule is Nc1ccc(Br)cc1SCC(=O)Nc1ccc(F)cc1. The van der Waals surface area contributed by atoms with Gasteiger partial charge in [-0.3, -0.25) is 4.79 Å². The van der Waals surface area contributed by atoms with E-state index < -0.39 is 0 Å². The summed E-state index contributed by atoms with van der Waals surface area (Å²) in [5.41, 5.74) is 7.03. The lowest BCUT2D eigenvalue weighted by Gasteiger charge is -2.07. The first-order valence-electron chi connectivity index (χ1n) is 5.78. The molecule has 104 valence electrons. The summed E-state index contributed by atoms with van der Waals surface area (Å²) in [6.07, 6.45) is 0. The van der Waals surface area contributed by atoms with Gasteiger partial charge in [-0.2, -0.15) is 0 Å². The van der Waals surface area contributed by atoms with Crippen molar-refractivity contribution in [3.05, 3.63) is 52.8 Å². The van der Waals surface area contributed by atoms with E-state index in [-0.39, 0.29) is 17.5 Å². The van der Waals surface area contributed by atoms with Gasteiger partial charge in [0.25, 0.3) is 0 Å². The average Bonchev–Trinajstić information content (AvgIpc) is 2.42. The fourth-order valence-electron chi connectivity index (χ4n) is 1.51. The van der Waals surface area contributed by atoms with E-state index in [1.165, 1.54) is 36.0 Å². The molecule has 0 bridgehead atoms. The van der Waals surface area contributed by atoms with Crippen LogP contribution in [0.4, 0.5) is 15.8 Å². The van der Waals surface area contributed by atoms with Crippen LogP contribution in [0.5, 0.6) is 0 Å². The van der Waals surface area contributed by atoms with Crippen LogP contribution in [0.15, 0.2) is 51.8 Å². The number of nitrogens with one attached hydrogen (secondary N) is 1. The van der Waals surface area contributed by atoms with Crippen LogP contribution < -0.4 is 11.1 Å². The molecule has 0 aromatic heterocycles. The third-order valence-electron chi connectivity index (χ3n) is 2.46. The quantitative estimate of drug-likeness (QED) is 0.646. The van der Waals surface area contributed by atoms with Crippen molar-refractivity contribution in [3.8, 4) is 0 Å². The Bertz CT molecular complexity index is 619. The zero-order valence-corrected chi connectivity index (χ0v) is 12.8. The number of benzene rings is 2. The Labute approximate surface area is 128 Å². The predicted octanol–water partition coefficient (Wildman–Crippen LogP) is 3.90. The summed E-state index contributed by atoms with van der Waals surface area (Å²) in [4.78, 5) is 12.6. The number of amides is 1. The maximum Gasteiger partial charge on any atom is 0.234 e. The largest absolute Gasteiger partial charge is 0.398 e. The lowest BCUT2D eigenvalue weighted by molar-refractivity contribution is -0.113. The fraction of sp³-hybridized carbons (Fsp3) is 0.0714. The molecule has 2 aromatic carbocycles. The van der Waals surface area contributed by atoms with E-state index >= 15 is 0 Å². The van der Waals surface area contributed by atoms with Crippen molar-refractivity contribution in [1.29, 1.82) is 0 Å². The molecule has 0 fully saturated rings. The van der Waals surface area contributed by atoms with Crippen LogP contribution in [-0.2, 0) is 4.79 Å². The monoisotopic (exact) mass is 354 g/mol. The molecular weight excluding hydrogens is 343 g/mol. The highest BCUT2D eigenvalue weighted by Gasteiger charge is 2.06. The van der Waals surface area contributed by atoms with Gasteiger partial charge in [0, 0.05) is 20.7 Å². The minimum Gasteiger partial charge on any atom is -0.398 e. The Kier molecular flexibility index (Phi) is 5.03. The zero-order chi connectivity index (χ0) is 14.5. The van der Waals surface area contributed by atoms with E-state index in [1.807, 2.05) is 12.1 Å². The second kappa shape index (κ2) is 6.76. The highest BCUT2D eigenvalue weighted by molar-refractivity contribution is 9.10. The second-order valence-electron chi connectivity index (χ2n) is 4.03. The maximum absolute atomic E-state index is 12.7. The molecule has 0 spiro atoms. The molecule has 0 saturated carbocycles. The van der Waals surface area contributed by atoms with Gasteiger partial charge in [0.05, 0.1) is 5.75 Å². The van der Waals surface area contributed by atoms with Crippen LogP contribution in [0.2, 0.25) is 0 Å². The van der Waals surface area contributed by atoms with Crippen LogP contribution in [0.1, 0.15) is 0 Å². The molecular formula is C14H12BrFN2OS. The molecule has 20 heavy (non-hydrogen) atoms. The number of carbonyl (C=O) groups excluding carboxylic acids is 1. The van der Waals surface area contributed by atoms with E-state index in [2.05, 4.69) is 21.2 Å². The second-order valence-corrected chi connectivity index (χ2v) is 5.96. The maximum atomic E-state index is 12.7. The van der Waals surface area contributed by atoms with E-state index in [1.54, 1.807) is 6.07 Å². The first kappa shape index (κ1) is 14.9. The Morgan fingerprint density at radius 1 is 1.25 bits per heavy atom. The molecule has 0 heterocycles. The summed E-state index contributed by atoms with van der Waals surface area (Å²) in [5.74, 6) is -0.266. The summed E-state index contributed by atoms with van der Waals surface area (Å²) in [6, 6.07) is 11.1. The van der Waals surface area contributed by atoms with Gasteiger partial charge in [0.15, 0.2) is 0 Å². The summed E-state index contributed by atoms with van der Waals surface area (Å²) in [6.45, 7) is 0. The van der Waals surface area contributed by atoms with Gasteiger partial charge in [-0.25, -0.2) is 4.39 Å². The standard InChI is InChI=1S/C14H12BrFN2OS/c15-9-1-6-12(17)13(7-9)20-8-14(19)18-11-4-2-10(16)3-5-11/h1-7H,8,17H2,(H,18,19). The van der Waals surface area contributed by atoms with Crippen molar-refractivity contribution < 1.29 is 9.18 Å². The van der Waals surface area contributed by atoms with Crippen molar-refractivity contribution >= 4 is 45.0 Å². The average molecular weight is 355 g/mol. The Morgan fingerprint density at radius 2 is 1.95 bits per heavy atom. The number of nitrogen functional groups attached to an aromatic ring is 1. The lowest BCUT2D eigenvalue weighted by atomic mass is 10.3. The number of carbonyl (C=O) groups is 1. The zero-order valence-electron chi connectivity index (χ0n) is 10.4. The normalized spacial score (nSPS) is 10.3. The number of rotatable bonds is 4. The topological polar surface area (TPSA) is 55.1 Å². The minimum atomic E-state index is -0.334. The van der Waals surface area contributed by atoms with Crippen molar-refractivity contribution in [2.24, 2.45) is 0 Å². The van der Waals surface area contributed by atoms with Gasteiger partial charge >= 0.3 is 0 Å². The van der Waals surface area contributed by atoms with E-state index in [0.717, 1.165) is 9.37 Å². The Balaban J connectivity index is 1.92. The van der Waals surface area contributed by atoms with Crippen LogP contribution >= 0.6 is 27.7 Å². The van der Waals surface area contributed by atoms with Gasteiger partial charge in [0.2, 0.25) is 5.91 Å². The minimum absolute atomic E-state index is 0.166. The lowest BCUT2D eigenvalue weighted by Crippen LogP contribution is -2.14. The summed E-state index contributed by atoms with van der Waals surface area (Å²) >= 11 is 4.71. The molecule has 0 aliphatic heterocycles.